The largest absolute Gasteiger partial charge is 0.406 e. The van der Waals surface area contributed by atoms with Crippen LogP contribution < -0.4 is 10.6 Å². The van der Waals surface area contributed by atoms with Crippen molar-refractivity contribution in [3.8, 4) is 0 Å². The number of amidine groups is 1. The summed E-state index contributed by atoms with van der Waals surface area (Å²) in [6.07, 6.45) is -4.45. The van der Waals surface area contributed by atoms with Crippen LogP contribution in [0.25, 0.3) is 0 Å². The fourth-order valence-electron chi connectivity index (χ4n) is 1.42. The number of aromatic nitrogens is 2. The predicted octanol–water partition coefficient (Wildman–Crippen LogP) is 0.430. The Bertz CT molecular complexity index is 463. The average molecular weight is 277 g/mol. The van der Waals surface area contributed by atoms with Crippen molar-refractivity contribution in [2.45, 2.75) is 13.1 Å². The summed E-state index contributed by atoms with van der Waals surface area (Å²) in [4.78, 5) is 8.45. The Morgan fingerprint density at radius 3 is 2.58 bits per heavy atom. The van der Waals surface area contributed by atoms with E-state index in [1.165, 1.54) is 6.07 Å². The molecule has 0 unspecified atom stereocenters. The highest BCUT2D eigenvalue weighted by atomic mass is 19.4. The smallest absolute Gasteiger partial charge is 0.395 e. The summed E-state index contributed by atoms with van der Waals surface area (Å²) in [5.74, 6) is -0.570. The Balaban J connectivity index is 3.11. The van der Waals surface area contributed by atoms with Crippen LogP contribution in [0.3, 0.4) is 0 Å². The van der Waals surface area contributed by atoms with Gasteiger partial charge in [0.25, 0.3) is 0 Å². The lowest BCUT2D eigenvalue weighted by Gasteiger charge is -2.23. The quantitative estimate of drug-likeness (QED) is 0.535. The van der Waals surface area contributed by atoms with Crippen LogP contribution in [0.5, 0.6) is 0 Å². The Kier molecular flexibility index (Phi) is 4.65. The summed E-state index contributed by atoms with van der Waals surface area (Å²) in [6.45, 7) is -0.459. The zero-order valence-electron chi connectivity index (χ0n) is 10.2. The maximum Gasteiger partial charge on any atom is 0.406 e. The zero-order chi connectivity index (χ0) is 14.6. The summed E-state index contributed by atoms with van der Waals surface area (Å²) in [7, 11) is 0. The number of nitrogen functional groups attached to an aromatic ring is 1. The van der Waals surface area contributed by atoms with Gasteiger partial charge in [0.05, 0.1) is 6.61 Å². The molecule has 0 radical (unpaired) electrons. The lowest BCUT2D eigenvalue weighted by Crippen LogP contribution is -2.37. The van der Waals surface area contributed by atoms with Crippen LogP contribution >= 0.6 is 0 Å². The molecule has 0 saturated carbocycles. The molecule has 6 nitrogen and oxygen atoms in total. The predicted molar refractivity (Wildman–Crippen MR) is 63.1 cm³/mol. The van der Waals surface area contributed by atoms with E-state index in [1.54, 1.807) is 6.92 Å². The fourth-order valence-corrected chi connectivity index (χ4v) is 1.42. The Morgan fingerprint density at radius 1 is 1.47 bits per heavy atom. The molecular formula is C10H14F3N5O. The van der Waals surface area contributed by atoms with Crippen molar-refractivity contribution in [3.05, 3.63) is 17.5 Å². The van der Waals surface area contributed by atoms with Gasteiger partial charge in [-0.25, -0.2) is 9.97 Å². The van der Waals surface area contributed by atoms with E-state index in [1.807, 2.05) is 0 Å². The minimum absolute atomic E-state index is 0.0487. The van der Waals surface area contributed by atoms with Crippen LogP contribution in [0.2, 0.25) is 0 Å². The molecule has 0 aliphatic carbocycles. The van der Waals surface area contributed by atoms with Gasteiger partial charge in [-0.3, -0.25) is 5.41 Å². The summed E-state index contributed by atoms with van der Waals surface area (Å²) >= 11 is 0. The van der Waals surface area contributed by atoms with Crippen molar-refractivity contribution in [2.75, 3.05) is 24.6 Å². The van der Waals surface area contributed by atoms with Crippen molar-refractivity contribution in [1.29, 1.82) is 5.41 Å². The van der Waals surface area contributed by atoms with Crippen molar-refractivity contribution in [1.82, 2.24) is 9.97 Å². The summed E-state index contributed by atoms with van der Waals surface area (Å²) in [5.41, 5.74) is 5.69. The third-order valence-corrected chi connectivity index (χ3v) is 2.14. The van der Waals surface area contributed by atoms with Crippen LogP contribution in [-0.4, -0.2) is 46.8 Å². The minimum Gasteiger partial charge on any atom is -0.395 e. The van der Waals surface area contributed by atoms with E-state index in [0.717, 1.165) is 4.90 Å². The normalized spacial score (nSPS) is 11.4. The standard InChI is InChI=1S/C10H14F3N5O/c1-6-4-7(8(14)15)17-9(16-6)18(2-3-19)5-10(11,12)13/h4,19H,2-3,5H2,1H3,(H3,14,15). The molecule has 1 aromatic rings. The van der Waals surface area contributed by atoms with Gasteiger partial charge in [0.15, 0.2) is 0 Å². The molecule has 1 aromatic heterocycles. The number of hydrogen-bond acceptors (Lipinski definition) is 5. The van der Waals surface area contributed by atoms with Gasteiger partial charge in [0.2, 0.25) is 5.95 Å². The topological polar surface area (TPSA) is 99.1 Å². The summed E-state index contributed by atoms with van der Waals surface area (Å²) in [5, 5.41) is 16.1. The molecule has 0 fully saturated rings. The van der Waals surface area contributed by atoms with Gasteiger partial charge in [-0.2, -0.15) is 13.2 Å². The number of aliphatic hydroxyl groups excluding tert-OH is 1. The number of anilines is 1. The number of nitrogens with two attached hydrogens (primary N) is 1. The molecule has 4 N–H and O–H groups in total. The molecule has 0 bridgehead atoms. The number of alkyl halides is 3. The SMILES string of the molecule is Cc1cc(C(=N)N)nc(N(CCO)CC(F)(F)F)n1. The van der Waals surface area contributed by atoms with Crippen LogP contribution in [0.4, 0.5) is 19.1 Å². The Labute approximate surface area is 107 Å². The van der Waals surface area contributed by atoms with E-state index in [9.17, 15) is 13.2 Å². The van der Waals surface area contributed by atoms with Gasteiger partial charge in [0, 0.05) is 12.2 Å². The molecule has 0 saturated heterocycles. The molecule has 0 spiro atoms. The highest BCUT2D eigenvalue weighted by molar-refractivity contribution is 5.93. The average Bonchev–Trinajstić information content (AvgIpc) is 2.25. The first-order valence-corrected chi connectivity index (χ1v) is 5.35. The number of aryl methyl sites for hydroxylation is 1. The molecule has 19 heavy (non-hydrogen) atoms. The second-order valence-corrected chi connectivity index (χ2v) is 3.87. The van der Waals surface area contributed by atoms with Gasteiger partial charge in [-0.05, 0) is 13.0 Å². The highest BCUT2D eigenvalue weighted by Crippen LogP contribution is 2.19. The van der Waals surface area contributed by atoms with Crippen molar-refractivity contribution >= 4 is 11.8 Å². The van der Waals surface area contributed by atoms with E-state index >= 15 is 0 Å². The molecule has 0 aromatic carbocycles. The van der Waals surface area contributed by atoms with Gasteiger partial charge in [0.1, 0.15) is 18.1 Å². The number of hydrogen-bond donors (Lipinski definition) is 3. The van der Waals surface area contributed by atoms with E-state index < -0.39 is 19.3 Å². The first-order valence-electron chi connectivity index (χ1n) is 5.35. The second-order valence-electron chi connectivity index (χ2n) is 3.87. The van der Waals surface area contributed by atoms with E-state index in [-0.39, 0.29) is 24.0 Å². The number of rotatable bonds is 5. The monoisotopic (exact) mass is 277 g/mol. The molecule has 0 aliphatic rings. The van der Waals surface area contributed by atoms with Gasteiger partial charge in [-0.1, -0.05) is 0 Å². The first kappa shape index (κ1) is 15.2. The third-order valence-electron chi connectivity index (χ3n) is 2.14. The molecule has 0 aliphatic heterocycles. The first-order chi connectivity index (χ1) is 8.73. The van der Waals surface area contributed by atoms with Crippen molar-refractivity contribution in [3.63, 3.8) is 0 Å². The molecule has 106 valence electrons. The third kappa shape index (κ3) is 4.70. The molecule has 1 rings (SSSR count). The second kappa shape index (κ2) is 5.83. The Hall–Kier alpha value is -1.90. The van der Waals surface area contributed by atoms with E-state index in [0.29, 0.717) is 5.69 Å². The van der Waals surface area contributed by atoms with Gasteiger partial charge in [-0.15, -0.1) is 0 Å². The number of nitrogens with one attached hydrogen (secondary N) is 1. The molecule has 0 atom stereocenters. The Morgan fingerprint density at radius 2 is 2.11 bits per heavy atom. The van der Waals surface area contributed by atoms with E-state index in [2.05, 4.69) is 9.97 Å². The van der Waals surface area contributed by atoms with Gasteiger partial charge < -0.3 is 15.7 Å². The summed E-state index contributed by atoms with van der Waals surface area (Å²) < 4.78 is 37.3. The minimum atomic E-state index is -4.45. The van der Waals surface area contributed by atoms with Crippen LogP contribution in [0.15, 0.2) is 6.07 Å². The zero-order valence-corrected chi connectivity index (χ0v) is 10.2. The van der Waals surface area contributed by atoms with Crippen molar-refractivity contribution in [2.24, 2.45) is 5.73 Å². The van der Waals surface area contributed by atoms with Crippen LogP contribution in [0, 0.1) is 12.3 Å². The summed E-state index contributed by atoms with van der Waals surface area (Å²) in [6, 6.07) is 1.40. The molecule has 9 heteroatoms. The highest BCUT2D eigenvalue weighted by Gasteiger charge is 2.32. The van der Waals surface area contributed by atoms with Crippen LogP contribution in [-0.2, 0) is 0 Å². The lowest BCUT2D eigenvalue weighted by atomic mass is 10.3. The van der Waals surface area contributed by atoms with E-state index in [4.69, 9.17) is 16.2 Å². The lowest BCUT2D eigenvalue weighted by molar-refractivity contribution is -0.120. The number of nitrogens with zero attached hydrogens (tertiary/aromatic N) is 3. The number of aliphatic hydroxyl groups is 1. The van der Waals surface area contributed by atoms with Crippen LogP contribution in [0.1, 0.15) is 11.4 Å². The maximum atomic E-state index is 12.4. The fraction of sp³-hybridized carbons (Fsp3) is 0.500. The van der Waals surface area contributed by atoms with Crippen molar-refractivity contribution < 1.29 is 18.3 Å². The molecular weight excluding hydrogens is 263 g/mol. The van der Waals surface area contributed by atoms with Gasteiger partial charge >= 0.3 is 6.18 Å². The number of halogens is 3. The molecule has 1 heterocycles. The molecule has 0 amide bonds. The maximum absolute atomic E-state index is 12.4.